The molecule has 0 spiro atoms. The Hall–Kier alpha value is -3.74. The molecule has 0 aliphatic carbocycles. The average molecular weight is 499 g/mol. The van der Waals surface area contributed by atoms with Crippen molar-refractivity contribution in [3.63, 3.8) is 0 Å². The highest BCUT2D eigenvalue weighted by molar-refractivity contribution is 5.88. The van der Waals surface area contributed by atoms with Gasteiger partial charge in [0, 0.05) is 19.6 Å². The molecule has 5 heterocycles. The number of nitrogens with one attached hydrogen (secondary N) is 2. The van der Waals surface area contributed by atoms with Crippen LogP contribution in [0.4, 0.5) is 21.8 Å². The molecule has 2 saturated heterocycles. The molecule has 3 aromatic rings. The van der Waals surface area contributed by atoms with Crippen LogP contribution in [0.3, 0.4) is 0 Å². The summed E-state index contributed by atoms with van der Waals surface area (Å²) in [5, 5.41) is 10.6. The van der Waals surface area contributed by atoms with Gasteiger partial charge in [-0.25, -0.2) is 9.37 Å². The number of fused-ring (bicyclic) bond motifs is 1. The molecule has 12 nitrogen and oxygen atoms in total. The second kappa shape index (κ2) is 9.72. The smallest absolute Gasteiger partial charge is 0.256 e. The maximum Gasteiger partial charge on any atom is 0.256 e. The fraction of sp³-hybridized carbons (Fsp3) is 0.522. The lowest BCUT2D eigenvalue weighted by molar-refractivity contribution is -0.117. The number of carbonyl (C=O) groups excluding carboxylic acids is 1. The molecule has 13 heteroatoms. The Kier molecular flexibility index (Phi) is 6.48. The third-order valence-electron chi connectivity index (χ3n) is 6.72. The predicted molar refractivity (Wildman–Crippen MR) is 133 cm³/mol. The van der Waals surface area contributed by atoms with Crippen molar-refractivity contribution in [1.29, 1.82) is 0 Å². The van der Waals surface area contributed by atoms with Crippen LogP contribution in [0.15, 0.2) is 25.2 Å². The van der Waals surface area contributed by atoms with Gasteiger partial charge in [0.1, 0.15) is 11.9 Å². The number of anilines is 3. The van der Waals surface area contributed by atoms with Crippen molar-refractivity contribution in [2.24, 2.45) is 0 Å². The molecule has 5 rings (SSSR count). The van der Waals surface area contributed by atoms with Crippen LogP contribution in [0.1, 0.15) is 19.4 Å². The maximum atomic E-state index is 14.7. The minimum Gasteiger partial charge on any atom is -0.478 e. The number of alkyl halides is 1. The van der Waals surface area contributed by atoms with Crippen LogP contribution < -0.4 is 20.3 Å². The zero-order chi connectivity index (χ0) is 25.4. The summed E-state index contributed by atoms with van der Waals surface area (Å²) in [6.07, 6.45) is 4.51. The van der Waals surface area contributed by atoms with Crippen molar-refractivity contribution in [3.8, 4) is 5.88 Å². The average Bonchev–Trinajstić information content (AvgIpc) is 3.65. The minimum atomic E-state index is -1.26. The van der Waals surface area contributed by atoms with Crippen LogP contribution in [0.5, 0.6) is 5.88 Å². The van der Waals surface area contributed by atoms with Crippen LogP contribution in [-0.4, -0.2) is 92.7 Å². The van der Waals surface area contributed by atoms with E-state index in [9.17, 15) is 9.18 Å². The molecular weight excluding hydrogens is 467 g/mol. The van der Waals surface area contributed by atoms with E-state index in [1.165, 1.54) is 0 Å². The molecule has 0 saturated carbocycles. The number of aryl methyl sites for hydroxylation is 1. The molecule has 1 amide bonds. The molecule has 36 heavy (non-hydrogen) atoms. The first-order chi connectivity index (χ1) is 17.4. The Balaban J connectivity index is 1.48. The van der Waals surface area contributed by atoms with E-state index >= 15 is 0 Å². The summed E-state index contributed by atoms with van der Waals surface area (Å²) < 4.78 is 24.1. The highest BCUT2D eigenvalue weighted by Gasteiger charge is 2.35. The molecule has 2 aliphatic heterocycles. The van der Waals surface area contributed by atoms with Crippen LogP contribution in [0, 0.1) is 0 Å². The largest absolute Gasteiger partial charge is 0.478 e. The van der Waals surface area contributed by atoms with Crippen molar-refractivity contribution in [2.75, 3.05) is 50.6 Å². The Morgan fingerprint density at radius 1 is 1.33 bits per heavy atom. The fourth-order valence-electron chi connectivity index (χ4n) is 4.75. The van der Waals surface area contributed by atoms with Crippen molar-refractivity contribution in [1.82, 2.24) is 39.5 Å². The van der Waals surface area contributed by atoms with Crippen molar-refractivity contribution >= 4 is 34.5 Å². The quantitative estimate of drug-likeness (QED) is 0.446. The number of amides is 1. The molecule has 3 atom stereocenters. The zero-order valence-corrected chi connectivity index (χ0v) is 20.7. The highest BCUT2D eigenvalue weighted by Crippen LogP contribution is 2.33. The van der Waals surface area contributed by atoms with E-state index in [0.29, 0.717) is 41.0 Å². The first kappa shape index (κ1) is 24.0. The van der Waals surface area contributed by atoms with Gasteiger partial charge in [-0.05, 0) is 33.0 Å². The maximum absolute atomic E-state index is 14.7. The summed E-state index contributed by atoms with van der Waals surface area (Å²) in [6.45, 7) is 8.32. The van der Waals surface area contributed by atoms with Crippen molar-refractivity contribution in [2.45, 2.75) is 38.1 Å². The molecule has 2 aliphatic rings. The van der Waals surface area contributed by atoms with Gasteiger partial charge in [-0.1, -0.05) is 6.58 Å². The van der Waals surface area contributed by atoms with E-state index in [-0.39, 0.29) is 19.1 Å². The van der Waals surface area contributed by atoms with Gasteiger partial charge >= 0.3 is 0 Å². The zero-order valence-electron chi connectivity index (χ0n) is 20.7. The number of imidazole rings is 1. The number of hydrogen-bond acceptors (Lipinski definition) is 9. The third kappa shape index (κ3) is 4.45. The number of rotatable bonds is 8. The Bertz CT molecular complexity index is 1270. The third-order valence-corrected chi connectivity index (χ3v) is 6.72. The van der Waals surface area contributed by atoms with Gasteiger partial charge in [-0.15, -0.1) is 5.10 Å². The molecule has 192 valence electrons. The summed E-state index contributed by atoms with van der Waals surface area (Å²) in [5.41, 5.74) is 1.87. The molecular formula is C23H31FN10O2. The van der Waals surface area contributed by atoms with Gasteiger partial charge in [-0.3, -0.25) is 9.48 Å². The van der Waals surface area contributed by atoms with Crippen LogP contribution >= 0.6 is 0 Å². The normalized spacial score (nSPS) is 22.3. The number of carbonyl (C=O) groups is 1. The Labute approximate surface area is 208 Å². The molecule has 2 N–H and O–H groups in total. The number of ether oxygens (including phenoxy) is 1. The van der Waals surface area contributed by atoms with Crippen molar-refractivity contribution < 1.29 is 13.9 Å². The predicted octanol–water partition coefficient (Wildman–Crippen LogP) is 1.50. The van der Waals surface area contributed by atoms with E-state index in [0.717, 1.165) is 25.6 Å². The van der Waals surface area contributed by atoms with E-state index in [4.69, 9.17) is 14.7 Å². The minimum absolute atomic E-state index is 0.0593. The van der Waals surface area contributed by atoms with Crippen LogP contribution in [0.2, 0.25) is 0 Å². The number of likely N-dealkylation sites (N-methyl/N-ethyl adjacent to an activating group) is 1. The fourth-order valence-corrected chi connectivity index (χ4v) is 4.75. The second-order valence-corrected chi connectivity index (χ2v) is 9.18. The first-order valence-electron chi connectivity index (χ1n) is 12.0. The molecule has 0 aromatic carbocycles. The molecule has 0 radical (unpaired) electrons. The number of methoxy groups -OCH3 is 1. The molecule has 0 bridgehead atoms. The van der Waals surface area contributed by atoms with E-state index in [2.05, 4.69) is 39.2 Å². The number of halogens is 1. The van der Waals surface area contributed by atoms with Gasteiger partial charge in [0.05, 0.1) is 38.3 Å². The van der Waals surface area contributed by atoms with Gasteiger partial charge in [0.25, 0.3) is 5.88 Å². The van der Waals surface area contributed by atoms with Crippen LogP contribution in [-0.2, 0) is 11.3 Å². The van der Waals surface area contributed by atoms with Gasteiger partial charge in [0.15, 0.2) is 17.0 Å². The summed E-state index contributed by atoms with van der Waals surface area (Å²) >= 11 is 0. The van der Waals surface area contributed by atoms with E-state index < -0.39 is 18.1 Å². The summed E-state index contributed by atoms with van der Waals surface area (Å²) in [4.78, 5) is 29.7. The summed E-state index contributed by atoms with van der Waals surface area (Å²) in [7, 11) is 3.67. The lowest BCUT2D eigenvalue weighted by atomic mass is 10.2. The number of hydrogen-bond donors (Lipinski definition) is 2. The number of nitrogens with zero attached hydrogens (tertiary/aromatic N) is 8. The Morgan fingerprint density at radius 2 is 2.17 bits per heavy atom. The topological polar surface area (TPSA) is 118 Å². The molecule has 2 fully saturated rings. The van der Waals surface area contributed by atoms with Gasteiger partial charge in [0.2, 0.25) is 11.9 Å². The monoisotopic (exact) mass is 498 g/mol. The van der Waals surface area contributed by atoms with Gasteiger partial charge < -0.3 is 29.7 Å². The SMILES string of the molecule is C=CC(=O)N[C@@H]1CN(c2nc(Nc3cn(C4CCN(C)C4)nc3OC)c3ncn(CC)c3n2)C[C@H]1F. The highest BCUT2D eigenvalue weighted by atomic mass is 19.1. The molecule has 1 unspecified atom stereocenters. The number of aromatic nitrogens is 6. The van der Waals surface area contributed by atoms with Crippen LogP contribution in [0.25, 0.3) is 11.2 Å². The Morgan fingerprint density at radius 3 is 2.86 bits per heavy atom. The lowest BCUT2D eigenvalue weighted by Gasteiger charge is -2.17. The van der Waals surface area contributed by atoms with E-state index in [1.807, 2.05) is 22.4 Å². The van der Waals surface area contributed by atoms with Crippen molar-refractivity contribution in [3.05, 3.63) is 25.2 Å². The van der Waals surface area contributed by atoms with Gasteiger partial charge in [-0.2, -0.15) is 9.97 Å². The second-order valence-electron chi connectivity index (χ2n) is 9.18. The summed E-state index contributed by atoms with van der Waals surface area (Å²) in [6, 6.07) is -0.418. The standard InChI is InChI=1S/C23H31FN10O2/c1-5-18(35)26-16-11-33(10-15(16)24)23-28-20(19-21(29-23)32(6-2)13-25-19)27-17-12-34(30-22(17)36-4)14-7-8-31(3)9-14/h5,12-16H,1,6-11H2,2-4H3,(H,26,35)(H,27,28,29)/t14?,15-,16-/m1/s1. The number of likely N-dealkylation sites (tertiary alicyclic amines) is 1. The lowest BCUT2D eigenvalue weighted by Crippen LogP contribution is -2.40. The first-order valence-corrected chi connectivity index (χ1v) is 12.0. The summed E-state index contributed by atoms with van der Waals surface area (Å²) in [5.74, 6) is 0.856. The molecule has 3 aromatic heterocycles. The van der Waals surface area contributed by atoms with E-state index in [1.54, 1.807) is 18.3 Å².